The molecule has 2 aromatic heterocycles. The molecule has 0 bridgehead atoms. The number of phosphoric acid groups is 3. The summed E-state index contributed by atoms with van der Waals surface area (Å²) in [7, 11) is -16.4. The van der Waals surface area contributed by atoms with Crippen molar-refractivity contribution in [3.8, 4) is 0 Å². The van der Waals surface area contributed by atoms with Gasteiger partial charge >= 0.3 is 23.5 Å². The van der Waals surface area contributed by atoms with Crippen molar-refractivity contribution in [1.29, 1.82) is 0 Å². The van der Waals surface area contributed by atoms with E-state index in [-0.39, 0.29) is 47.5 Å². The number of aliphatic hydroxyl groups is 2. The molecule has 3 heterocycles. The lowest BCUT2D eigenvalue weighted by atomic mass is 9.87. The van der Waals surface area contributed by atoms with Crippen molar-refractivity contribution in [2.24, 2.45) is 11.3 Å². The van der Waals surface area contributed by atoms with E-state index >= 15 is 0 Å². The minimum atomic E-state index is -5.57. The standard InChI is InChI=1S/C36H64N7O17P3S/c1-5-6-7-8-9-10-11-12-13-14-15-24(2)35(48)64-19-18-38-26(44)16-17-39-33(47)30(46)36(3,4)21-57-63(54,55)60-62(52,53)56-20-25-29(59-61(49,50)51)28(45)34(58-25)43-23-42-27-31(37)40-22-41-32(27)43/h22-25,28-30,34,45-46H,5-21H2,1-4H3,(H,38,44)(H,39,47)(H,52,53)(H,54,55)(H2,37,40,41)(H2,49,50,51)/t24-,25-,28-,29-,30+,34-/m1/s1. The van der Waals surface area contributed by atoms with E-state index in [0.717, 1.165) is 48.2 Å². The number of aliphatic hydroxyl groups excluding tert-OH is 2. The largest absolute Gasteiger partial charge is 0.481 e. The van der Waals surface area contributed by atoms with Crippen molar-refractivity contribution in [3.63, 3.8) is 0 Å². The number of phosphoric ester groups is 3. The van der Waals surface area contributed by atoms with Gasteiger partial charge in [0.1, 0.15) is 36.3 Å². The van der Waals surface area contributed by atoms with Crippen LogP contribution in [0.3, 0.4) is 0 Å². The molecule has 0 aromatic carbocycles. The van der Waals surface area contributed by atoms with E-state index < -0.39 is 84.6 Å². The Morgan fingerprint density at radius 1 is 0.938 bits per heavy atom. The number of hydrogen-bond acceptors (Lipinski definition) is 18. The zero-order valence-electron chi connectivity index (χ0n) is 36.4. The first kappa shape index (κ1) is 55.9. The van der Waals surface area contributed by atoms with Gasteiger partial charge in [0.25, 0.3) is 0 Å². The third kappa shape index (κ3) is 19.0. The highest BCUT2D eigenvalue weighted by Gasteiger charge is 2.50. The SMILES string of the molecule is CCCCCCCCCCCC[C@@H](C)C(=O)SCCNC(=O)CCNC(=O)[C@H](O)C(C)(C)COP(=O)(O)OP(=O)(O)OC[C@H]1O[C@@H](n2cnc3c(N)ncnc32)[C@H](O)[C@@H]1OP(=O)(O)O. The van der Waals surface area contributed by atoms with Gasteiger partial charge in [0.2, 0.25) is 11.8 Å². The quantitative estimate of drug-likeness (QED) is 0.0385. The molecule has 64 heavy (non-hydrogen) atoms. The molecule has 1 aliphatic rings. The van der Waals surface area contributed by atoms with E-state index in [1.54, 1.807) is 0 Å². The van der Waals surface area contributed by atoms with Crippen LogP contribution in [0.15, 0.2) is 12.7 Å². The first-order valence-corrected chi connectivity index (χ1v) is 26.5. The molecule has 0 spiro atoms. The van der Waals surface area contributed by atoms with Gasteiger partial charge in [-0.15, -0.1) is 0 Å². The second kappa shape index (κ2) is 26.2. The number of carbonyl (C=O) groups is 3. The topological polar surface area (TPSA) is 364 Å². The molecule has 1 aliphatic heterocycles. The van der Waals surface area contributed by atoms with Crippen LogP contribution in [0.25, 0.3) is 11.2 Å². The average Bonchev–Trinajstić information content (AvgIpc) is 3.78. The Hall–Kier alpha value is -2.44. The smallest absolute Gasteiger partial charge is 0.386 e. The molecular weight excluding hydrogens is 927 g/mol. The van der Waals surface area contributed by atoms with Gasteiger partial charge in [-0.25, -0.2) is 28.6 Å². The molecule has 1 fully saturated rings. The minimum absolute atomic E-state index is 0.0333. The number of unbranched alkanes of at least 4 members (excludes halogenated alkanes) is 9. The van der Waals surface area contributed by atoms with E-state index in [1.807, 2.05) is 6.92 Å². The number of amides is 2. The third-order valence-electron chi connectivity index (χ3n) is 10.1. The monoisotopic (exact) mass is 991 g/mol. The van der Waals surface area contributed by atoms with Crippen molar-refractivity contribution >= 4 is 69.1 Å². The summed E-state index contributed by atoms with van der Waals surface area (Å²) >= 11 is 1.16. The van der Waals surface area contributed by atoms with Crippen molar-refractivity contribution in [2.45, 2.75) is 135 Å². The highest BCUT2D eigenvalue weighted by atomic mass is 32.2. The fraction of sp³-hybridized carbons (Fsp3) is 0.778. The number of thioether (sulfide) groups is 1. The van der Waals surface area contributed by atoms with Crippen LogP contribution in [0.1, 0.15) is 111 Å². The van der Waals surface area contributed by atoms with Crippen molar-refractivity contribution in [3.05, 3.63) is 12.7 Å². The fourth-order valence-corrected chi connectivity index (χ4v) is 10.1. The maximum absolute atomic E-state index is 12.7. The highest BCUT2D eigenvalue weighted by Crippen LogP contribution is 2.61. The predicted octanol–water partition coefficient (Wildman–Crippen LogP) is 3.61. The molecule has 8 atom stereocenters. The number of nitrogens with one attached hydrogen (secondary N) is 2. The molecule has 1 saturated heterocycles. The summed E-state index contributed by atoms with van der Waals surface area (Å²) in [5, 5.41) is 26.7. The number of hydrogen-bond donors (Lipinski definition) is 9. The van der Waals surface area contributed by atoms with Gasteiger partial charge in [-0.1, -0.05) is 104 Å². The van der Waals surface area contributed by atoms with Crippen molar-refractivity contribution < 1.29 is 80.5 Å². The lowest BCUT2D eigenvalue weighted by molar-refractivity contribution is -0.137. The van der Waals surface area contributed by atoms with Gasteiger partial charge in [-0.3, -0.25) is 32.5 Å². The molecule has 0 aliphatic carbocycles. The number of nitrogens with two attached hydrogens (primary N) is 1. The molecule has 2 aromatic rings. The fourth-order valence-electron chi connectivity index (χ4n) is 6.48. The molecular formula is C36H64N7O17P3S. The van der Waals surface area contributed by atoms with Crippen LogP contribution in [-0.4, -0.2) is 123 Å². The van der Waals surface area contributed by atoms with Crippen LogP contribution in [-0.2, 0) is 50.7 Å². The predicted molar refractivity (Wildman–Crippen MR) is 233 cm³/mol. The van der Waals surface area contributed by atoms with Gasteiger partial charge in [0.05, 0.1) is 19.5 Å². The van der Waals surface area contributed by atoms with E-state index in [4.69, 9.17) is 19.5 Å². The molecule has 3 rings (SSSR count). The van der Waals surface area contributed by atoms with Crippen LogP contribution in [0.5, 0.6) is 0 Å². The third-order valence-corrected chi connectivity index (χ3v) is 14.3. The summed E-state index contributed by atoms with van der Waals surface area (Å²) in [5.74, 6) is -1.11. The number of anilines is 1. The molecule has 28 heteroatoms. The zero-order valence-corrected chi connectivity index (χ0v) is 39.9. The second-order valence-electron chi connectivity index (χ2n) is 16.1. The second-order valence-corrected chi connectivity index (χ2v) is 21.4. The Morgan fingerprint density at radius 3 is 2.20 bits per heavy atom. The Morgan fingerprint density at radius 2 is 1.56 bits per heavy atom. The summed E-state index contributed by atoms with van der Waals surface area (Å²) in [6, 6.07) is 0. The highest BCUT2D eigenvalue weighted by molar-refractivity contribution is 8.13. The number of carbonyl (C=O) groups excluding carboxylic acids is 3. The Bertz CT molecular complexity index is 1960. The Balaban J connectivity index is 1.36. The van der Waals surface area contributed by atoms with Gasteiger partial charge in [0, 0.05) is 36.6 Å². The summed E-state index contributed by atoms with van der Waals surface area (Å²) in [6.45, 7) is 4.69. The first-order valence-electron chi connectivity index (χ1n) is 21.0. The van der Waals surface area contributed by atoms with E-state index in [9.17, 15) is 57.9 Å². The molecule has 0 saturated carbocycles. The molecule has 10 N–H and O–H groups in total. The molecule has 2 amide bonds. The van der Waals surface area contributed by atoms with Crippen molar-refractivity contribution in [1.82, 2.24) is 30.2 Å². The van der Waals surface area contributed by atoms with Crippen LogP contribution in [0.2, 0.25) is 0 Å². The van der Waals surface area contributed by atoms with Gasteiger partial charge in [0.15, 0.2) is 22.8 Å². The summed E-state index contributed by atoms with van der Waals surface area (Å²) in [4.78, 5) is 88.6. The van der Waals surface area contributed by atoms with Crippen LogP contribution < -0.4 is 16.4 Å². The zero-order chi connectivity index (χ0) is 47.7. The van der Waals surface area contributed by atoms with Crippen LogP contribution in [0.4, 0.5) is 5.82 Å². The van der Waals surface area contributed by atoms with Gasteiger partial charge in [-0.05, 0) is 6.42 Å². The number of rotatable bonds is 31. The van der Waals surface area contributed by atoms with E-state index in [2.05, 4.69) is 41.3 Å². The normalized spacial score (nSPS) is 21.0. The number of imidazole rings is 1. The summed E-state index contributed by atoms with van der Waals surface area (Å²) in [5.41, 5.74) is 4.28. The van der Waals surface area contributed by atoms with Crippen molar-refractivity contribution in [2.75, 3.05) is 37.8 Å². The van der Waals surface area contributed by atoms with Gasteiger partial charge < -0.3 is 50.9 Å². The summed E-state index contributed by atoms with van der Waals surface area (Å²) in [6.07, 6.45) is 6.19. The lowest BCUT2D eigenvalue weighted by Gasteiger charge is -2.30. The number of aromatic nitrogens is 4. The minimum Gasteiger partial charge on any atom is -0.386 e. The van der Waals surface area contributed by atoms with E-state index in [0.29, 0.717) is 5.75 Å². The molecule has 366 valence electrons. The Kier molecular flexibility index (Phi) is 22.9. The average molecular weight is 992 g/mol. The number of fused-ring (bicyclic) bond motifs is 1. The molecule has 0 radical (unpaired) electrons. The molecule has 24 nitrogen and oxygen atoms in total. The van der Waals surface area contributed by atoms with Gasteiger partial charge in [-0.2, -0.15) is 4.31 Å². The van der Waals surface area contributed by atoms with Crippen LogP contribution in [0, 0.1) is 11.3 Å². The Labute approximate surface area is 376 Å². The number of nitrogen functional groups attached to an aromatic ring is 1. The van der Waals surface area contributed by atoms with Crippen LogP contribution >= 0.6 is 35.2 Å². The molecule has 2 unspecified atom stereocenters. The maximum atomic E-state index is 12.7. The first-order chi connectivity index (χ1) is 30.0. The number of ether oxygens (including phenoxy) is 1. The number of nitrogens with zero attached hydrogens (tertiary/aromatic N) is 4. The summed E-state index contributed by atoms with van der Waals surface area (Å²) < 4.78 is 62.4. The lowest BCUT2D eigenvalue weighted by Crippen LogP contribution is -2.46. The van der Waals surface area contributed by atoms with E-state index in [1.165, 1.54) is 65.2 Å². The maximum Gasteiger partial charge on any atom is 0.481 e.